The van der Waals surface area contributed by atoms with Gasteiger partial charge in [0.1, 0.15) is 24.1 Å². The number of ether oxygens (including phenoxy) is 3. The zero-order chi connectivity index (χ0) is 22.5. The van der Waals surface area contributed by atoms with Crippen molar-refractivity contribution in [2.45, 2.75) is 35.9 Å². The summed E-state index contributed by atoms with van der Waals surface area (Å²) in [6, 6.07) is 8.54. The number of benzene rings is 1. The second-order valence-corrected chi connectivity index (χ2v) is 10.2. The van der Waals surface area contributed by atoms with Gasteiger partial charge in [0.15, 0.2) is 21.6 Å². The summed E-state index contributed by atoms with van der Waals surface area (Å²) in [5, 5.41) is 13.4. The van der Waals surface area contributed by atoms with Gasteiger partial charge in [0.25, 0.3) is 6.01 Å². The number of hydrogen-bond donors (Lipinski definition) is 3. The fourth-order valence-corrected chi connectivity index (χ4v) is 4.65. The summed E-state index contributed by atoms with van der Waals surface area (Å²) in [5.74, 6) is 0.441. The standard InChI is InChI=1S/C20H21ClN4O6S/c1-32(27,28)11-4-2-10(3-5-11)7-22-18-12(21)6-13-19(24-18)25-20(23-13)31-15-9-30-16-14(26)8-29-17(15)16/h2-6,14-17,26H,7-9H2,1H3,(H2,22,23,24,25)/t14-,15-,16-,17-/m1/s1. The fourth-order valence-electron chi connectivity index (χ4n) is 3.80. The van der Waals surface area contributed by atoms with E-state index in [1.165, 1.54) is 6.26 Å². The van der Waals surface area contributed by atoms with Gasteiger partial charge in [-0.15, -0.1) is 0 Å². The first-order chi connectivity index (χ1) is 15.3. The van der Waals surface area contributed by atoms with Gasteiger partial charge in [-0.3, -0.25) is 0 Å². The number of rotatable bonds is 6. The fraction of sp³-hybridized carbons (Fsp3) is 0.400. The average Bonchev–Trinajstić information content (AvgIpc) is 3.43. The SMILES string of the molecule is CS(=O)(=O)c1ccc(CNc2nc3nc(O[C@@H]4CO[C@H]5[C@@H]4OC[C@H]5O)[nH]c3cc2Cl)cc1. The van der Waals surface area contributed by atoms with Gasteiger partial charge < -0.3 is 29.6 Å². The minimum absolute atomic E-state index is 0.221. The monoisotopic (exact) mass is 480 g/mol. The number of aliphatic hydroxyl groups is 1. The van der Waals surface area contributed by atoms with Crippen molar-refractivity contribution in [3.63, 3.8) is 0 Å². The van der Waals surface area contributed by atoms with E-state index >= 15 is 0 Å². The van der Waals surface area contributed by atoms with Gasteiger partial charge in [-0.25, -0.2) is 13.4 Å². The molecule has 32 heavy (non-hydrogen) atoms. The number of aliphatic hydroxyl groups excluding tert-OH is 1. The Hall–Kier alpha value is -2.44. The molecule has 2 saturated heterocycles. The summed E-state index contributed by atoms with van der Waals surface area (Å²) in [4.78, 5) is 12.1. The Morgan fingerprint density at radius 3 is 2.72 bits per heavy atom. The predicted octanol–water partition coefficient (Wildman–Crippen LogP) is 1.53. The molecule has 0 saturated carbocycles. The van der Waals surface area contributed by atoms with E-state index < -0.39 is 15.9 Å². The number of imidazole rings is 1. The molecule has 0 spiro atoms. The molecule has 4 atom stereocenters. The number of aromatic nitrogens is 3. The van der Waals surface area contributed by atoms with Crippen LogP contribution in [0.5, 0.6) is 6.01 Å². The van der Waals surface area contributed by atoms with E-state index in [1.807, 2.05) is 0 Å². The van der Waals surface area contributed by atoms with Gasteiger partial charge in [0.2, 0.25) is 0 Å². The van der Waals surface area contributed by atoms with Crippen LogP contribution in [0.25, 0.3) is 11.2 Å². The van der Waals surface area contributed by atoms with Crippen LogP contribution in [-0.2, 0) is 25.9 Å². The third-order valence-corrected chi connectivity index (χ3v) is 6.88. The number of nitrogens with zero attached hydrogens (tertiary/aromatic N) is 2. The Morgan fingerprint density at radius 2 is 1.97 bits per heavy atom. The molecule has 0 bridgehead atoms. The van der Waals surface area contributed by atoms with Crippen LogP contribution in [0.2, 0.25) is 5.02 Å². The van der Waals surface area contributed by atoms with Crippen LogP contribution in [0.15, 0.2) is 35.2 Å². The van der Waals surface area contributed by atoms with Crippen molar-refractivity contribution in [2.24, 2.45) is 0 Å². The maximum atomic E-state index is 11.6. The maximum absolute atomic E-state index is 11.6. The molecule has 4 heterocycles. The van der Waals surface area contributed by atoms with E-state index in [2.05, 4.69) is 20.3 Å². The highest BCUT2D eigenvalue weighted by Crippen LogP contribution is 2.31. The molecule has 5 rings (SSSR count). The van der Waals surface area contributed by atoms with Crippen molar-refractivity contribution in [1.82, 2.24) is 15.0 Å². The summed E-state index contributed by atoms with van der Waals surface area (Å²) >= 11 is 6.36. The van der Waals surface area contributed by atoms with Crippen molar-refractivity contribution in [3.05, 3.63) is 40.9 Å². The molecule has 0 aliphatic carbocycles. The van der Waals surface area contributed by atoms with E-state index in [0.29, 0.717) is 35.2 Å². The van der Waals surface area contributed by atoms with Crippen molar-refractivity contribution in [3.8, 4) is 6.01 Å². The number of fused-ring (bicyclic) bond motifs is 2. The molecule has 2 aromatic heterocycles. The molecular weight excluding hydrogens is 460 g/mol. The van der Waals surface area contributed by atoms with Crippen LogP contribution >= 0.6 is 11.6 Å². The lowest BCUT2D eigenvalue weighted by molar-refractivity contribution is 0.00706. The van der Waals surface area contributed by atoms with Crippen LogP contribution in [0, 0.1) is 0 Å². The smallest absolute Gasteiger partial charge is 0.296 e. The largest absolute Gasteiger partial charge is 0.456 e. The molecule has 3 aromatic rings. The molecule has 10 nitrogen and oxygen atoms in total. The average molecular weight is 481 g/mol. The van der Waals surface area contributed by atoms with Crippen molar-refractivity contribution in [2.75, 3.05) is 24.8 Å². The third kappa shape index (κ3) is 4.14. The zero-order valence-electron chi connectivity index (χ0n) is 17.0. The highest BCUT2D eigenvalue weighted by molar-refractivity contribution is 7.90. The van der Waals surface area contributed by atoms with Gasteiger partial charge in [0, 0.05) is 12.8 Å². The predicted molar refractivity (Wildman–Crippen MR) is 116 cm³/mol. The van der Waals surface area contributed by atoms with E-state index in [0.717, 1.165) is 5.56 Å². The Kier molecular flexibility index (Phi) is 5.46. The number of sulfone groups is 1. The highest BCUT2D eigenvalue weighted by Gasteiger charge is 2.48. The number of pyridine rings is 1. The first kappa shape index (κ1) is 21.4. The van der Waals surface area contributed by atoms with E-state index in [-0.39, 0.29) is 35.8 Å². The Labute approximate surface area is 188 Å². The number of H-pyrrole nitrogens is 1. The minimum Gasteiger partial charge on any atom is -0.456 e. The lowest BCUT2D eigenvalue weighted by Crippen LogP contribution is -2.34. The molecule has 0 unspecified atom stereocenters. The molecule has 2 aliphatic rings. The van der Waals surface area contributed by atoms with Crippen LogP contribution in [0.3, 0.4) is 0 Å². The number of hydrogen-bond acceptors (Lipinski definition) is 9. The molecule has 170 valence electrons. The molecule has 2 fully saturated rings. The minimum atomic E-state index is -3.24. The second kappa shape index (κ2) is 8.16. The highest BCUT2D eigenvalue weighted by atomic mass is 35.5. The Bertz CT molecular complexity index is 1250. The summed E-state index contributed by atoms with van der Waals surface area (Å²) < 4.78 is 40.2. The third-order valence-electron chi connectivity index (χ3n) is 5.46. The van der Waals surface area contributed by atoms with Crippen molar-refractivity contribution < 1.29 is 27.7 Å². The number of halogens is 1. The molecule has 1 aromatic carbocycles. The van der Waals surface area contributed by atoms with Gasteiger partial charge in [-0.05, 0) is 23.8 Å². The first-order valence-electron chi connectivity index (χ1n) is 9.95. The zero-order valence-corrected chi connectivity index (χ0v) is 18.6. The van der Waals surface area contributed by atoms with Gasteiger partial charge in [-0.1, -0.05) is 23.7 Å². The Balaban J connectivity index is 1.28. The normalized spacial score (nSPS) is 25.2. The molecular formula is C20H21ClN4O6S. The second-order valence-electron chi connectivity index (χ2n) is 7.82. The topological polar surface area (TPSA) is 136 Å². The molecule has 12 heteroatoms. The van der Waals surface area contributed by atoms with Gasteiger partial charge in [0.05, 0.1) is 28.6 Å². The summed E-state index contributed by atoms with van der Waals surface area (Å²) in [5.41, 5.74) is 1.90. The number of nitrogens with one attached hydrogen (secondary N) is 2. The van der Waals surface area contributed by atoms with Crippen molar-refractivity contribution >= 4 is 38.4 Å². The van der Waals surface area contributed by atoms with Gasteiger partial charge >= 0.3 is 0 Å². The number of aromatic amines is 1. The van der Waals surface area contributed by atoms with E-state index in [4.69, 9.17) is 25.8 Å². The van der Waals surface area contributed by atoms with Crippen LogP contribution in [0.4, 0.5) is 5.82 Å². The lowest BCUT2D eigenvalue weighted by atomic mass is 10.1. The summed E-state index contributed by atoms with van der Waals surface area (Å²) in [6.07, 6.45) is -0.606. The molecule has 3 N–H and O–H groups in total. The molecule has 2 aliphatic heterocycles. The van der Waals surface area contributed by atoms with Crippen LogP contribution < -0.4 is 10.1 Å². The number of anilines is 1. The first-order valence-corrected chi connectivity index (χ1v) is 12.2. The lowest BCUT2D eigenvalue weighted by Gasteiger charge is -2.15. The Morgan fingerprint density at radius 1 is 1.22 bits per heavy atom. The van der Waals surface area contributed by atoms with Crippen LogP contribution in [0.1, 0.15) is 5.56 Å². The molecule has 0 amide bonds. The van der Waals surface area contributed by atoms with Crippen molar-refractivity contribution in [1.29, 1.82) is 0 Å². The van der Waals surface area contributed by atoms with Gasteiger partial charge in [-0.2, -0.15) is 4.98 Å². The summed E-state index contributed by atoms with van der Waals surface area (Å²) in [7, 11) is -3.24. The van der Waals surface area contributed by atoms with E-state index in [9.17, 15) is 13.5 Å². The quantitative estimate of drug-likeness (QED) is 0.479. The van der Waals surface area contributed by atoms with Crippen LogP contribution in [-0.4, -0.2) is 72.4 Å². The summed E-state index contributed by atoms with van der Waals surface area (Å²) in [6.45, 7) is 0.916. The molecule has 0 radical (unpaired) electrons. The van der Waals surface area contributed by atoms with E-state index in [1.54, 1.807) is 30.3 Å². The maximum Gasteiger partial charge on any atom is 0.296 e.